The molecule has 3 nitrogen and oxygen atoms in total. The fourth-order valence-corrected chi connectivity index (χ4v) is 10.2. The predicted molar refractivity (Wildman–Crippen MR) is 130 cm³/mol. The third-order valence-electron chi connectivity index (χ3n) is 11.5. The quantitative estimate of drug-likeness (QED) is 0.575. The van der Waals surface area contributed by atoms with Crippen molar-refractivity contribution in [3.8, 4) is 0 Å². The maximum absolute atomic E-state index is 13.6. The zero-order chi connectivity index (χ0) is 22.0. The van der Waals surface area contributed by atoms with Gasteiger partial charge >= 0.3 is 0 Å². The van der Waals surface area contributed by atoms with Gasteiger partial charge in [-0.15, -0.1) is 0 Å². The molecule has 0 heterocycles. The minimum Gasteiger partial charge on any atom is -0.404 e. The number of fused-ring (bicyclic) bond motifs is 7. The molecule has 0 radical (unpaired) electrons. The highest BCUT2D eigenvalue weighted by Crippen LogP contribution is 2.74. The molecule has 0 amide bonds. The predicted octanol–water partition coefficient (Wildman–Crippen LogP) is 6.17. The van der Waals surface area contributed by atoms with Crippen LogP contribution in [-0.4, -0.2) is 18.0 Å². The number of nitrogens with zero attached hydrogens (tertiary/aromatic N) is 1. The highest BCUT2D eigenvalue weighted by molar-refractivity contribution is 6.02. The van der Waals surface area contributed by atoms with Gasteiger partial charge in [-0.2, -0.15) is 0 Å². The minimum atomic E-state index is 0.250. The smallest absolute Gasteiger partial charge is 0.158 e. The Labute approximate surface area is 195 Å². The standard InChI is InChI=1S/C29H44N2O/c1-17-7-9-20-18(13-17)8-10-22-21(20)11-12-29(2)27(22)23-14-24(23)28(29)26(32)16-31-25-6-4-3-5-19(25)15-30/h15,17-18,20-24,27-28H,3-14,16,30H2,1-2H3/t17-,18?,20-,21?,22+,23+,24-,27?,28+,29-/m0/s1. The van der Waals surface area contributed by atoms with Gasteiger partial charge in [0.25, 0.3) is 0 Å². The van der Waals surface area contributed by atoms with Crippen molar-refractivity contribution in [3.05, 3.63) is 11.8 Å². The van der Waals surface area contributed by atoms with Gasteiger partial charge in [0.1, 0.15) is 0 Å². The van der Waals surface area contributed by atoms with Crippen LogP contribution in [0.25, 0.3) is 0 Å². The lowest BCUT2D eigenvalue weighted by Crippen LogP contribution is -2.51. The van der Waals surface area contributed by atoms with Gasteiger partial charge in [-0.25, -0.2) is 0 Å². The highest BCUT2D eigenvalue weighted by Gasteiger charge is 2.70. The normalized spacial score (nSPS) is 52.1. The molecule has 0 saturated heterocycles. The third-order valence-corrected chi connectivity index (χ3v) is 11.5. The van der Waals surface area contributed by atoms with E-state index in [0.717, 1.165) is 60.0 Å². The lowest BCUT2D eigenvalue weighted by atomic mass is 9.48. The molecule has 10 atom stereocenters. The van der Waals surface area contributed by atoms with Gasteiger partial charge in [0.05, 0.1) is 6.54 Å². The van der Waals surface area contributed by atoms with Gasteiger partial charge < -0.3 is 5.73 Å². The fourth-order valence-electron chi connectivity index (χ4n) is 10.2. The lowest BCUT2D eigenvalue weighted by molar-refractivity contribution is -0.132. The van der Waals surface area contributed by atoms with Crippen LogP contribution >= 0.6 is 0 Å². The van der Waals surface area contributed by atoms with Crippen molar-refractivity contribution in [1.82, 2.24) is 0 Å². The van der Waals surface area contributed by atoms with E-state index in [4.69, 9.17) is 10.7 Å². The molecule has 0 aromatic rings. The molecule has 176 valence electrons. The number of ketones is 1. The zero-order valence-corrected chi connectivity index (χ0v) is 20.4. The van der Waals surface area contributed by atoms with Crippen LogP contribution in [0.5, 0.6) is 0 Å². The summed E-state index contributed by atoms with van der Waals surface area (Å²) in [6.07, 6.45) is 17.5. The number of hydrogen-bond acceptors (Lipinski definition) is 3. The highest BCUT2D eigenvalue weighted by atomic mass is 16.1. The molecule has 0 aromatic heterocycles. The molecule has 6 aliphatic carbocycles. The van der Waals surface area contributed by atoms with E-state index in [-0.39, 0.29) is 11.3 Å². The Morgan fingerprint density at radius 3 is 2.66 bits per heavy atom. The summed E-state index contributed by atoms with van der Waals surface area (Å²) in [7, 11) is 0. The SMILES string of the molecule is C[C@H]1CC[C@H]2C(CC[C@@H]3C2CC[C@@]2(C)C3[C@@H]3C[C@@H]3[C@@H]2C(=O)CN=C2CCCCC2=CN)C1. The van der Waals surface area contributed by atoms with Crippen molar-refractivity contribution in [2.75, 3.05) is 6.54 Å². The average molecular weight is 437 g/mol. The number of aliphatic imine (C=N–C) groups is 1. The molecule has 0 bridgehead atoms. The van der Waals surface area contributed by atoms with Crippen molar-refractivity contribution in [2.24, 2.45) is 69.4 Å². The average Bonchev–Trinajstić information content (AvgIpc) is 3.51. The summed E-state index contributed by atoms with van der Waals surface area (Å²) in [6, 6.07) is 0. The number of nitrogens with two attached hydrogens (primary N) is 1. The second kappa shape index (κ2) is 7.98. The van der Waals surface area contributed by atoms with E-state index < -0.39 is 0 Å². The van der Waals surface area contributed by atoms with Crippen molar-refractivity contribution in [1.29, 1.82) is 0 Å². The van der Waals surface area contributed by atoms with Gasteiger partial charge in [-0.05, 0) is 135 Å². The van der Waals surface area contributed by atoms with Crippen LogP contribution in [0.15, 0.2) is 16.8 Å². The first-order valence-corrected chi connectivity index (χ1v) is 14.0. The van der Waals surface area contributed by atoms with Crippen molar-refractivity contribution in [3.63, 3.8) is 0 Å². The molecule has 32 heavy (non-hydrogen) atoms. The monoisotopic (exact) mass is 436 g/mol. The van der Waals surface area contributed by atoms with Crippen LogP contribution in [0.4, 0.5) is 0 Å². The van der Waals surface area contributed by atoms with Crippen LogP contribution in [0.2, 0.25) is 0 Å². The van der Waals surface area contributed by atoms with Crippen LogP contribution < -0.4 is 5.73 Å². The Kier molecular flexibility index (Phi) is 5.34. The van der Waals surface area contributed by atoms with Crippen molar-refractivity contribution < 1.29 is 4.79 Å². The number of allylic oxidation sites excluding steroid dienone is 1. The largest absolute Gasteiger partial charge is 0.404 e. The molecule has 6 aliphatic rings. The summed E-state index contributed by atoms with van der Waals surface area (Å²) < 4.78 is 0. The van der Waals surface area contributed by atoms with E-state index in [9.17, 15) is 4.79 Å². The molecular weight excluding hydrogens is 392 g/mol. The molecular formula is C29H44N2O. The van der Waals surface area contributed by atoms with Gasteiger partial charge in [0, 0.05) is 11.6 Å². The molecule has 6 saturated carbocycles. The molecule has 6 rings (SSSR count). The maximum Gasteiger partial charge on any atom is 0.158 e. The number of hydrogen-bond donors (Lipinski definition) is 1. The summed E-state index contributed by atoms with van der Waals surface area (Å²) in [5.74, 6) is 7.91. The van der Waals surface area contributed by atoms with Crippen LogP contribution in [0, 0.1) is 58.7 Å². The van der Waals surface area contributed by atoms with E-state index in [2.05, 4.69) is 13.8 Å². The van der Waals surface area contributed by atoms with E-state index in [1.807, 2.05) is 0 Å². The Bertz CT molecular complexity index is 829. The first kappa shape index (κ1) is 21.4. The second-order valence-corrected chi connectivity index (χ2v) is 13.0. The number of carbonyl (C=O) groups excluding carboxylic acids is 1. The van der Waals surface area contributed by atoms with Gasteiger partial charge in [0.15, 0.2) is 5.78 Å². The van der Waals surface area contributed by atoms with Crippen LogP contribution in [-0.2, 0) is 4.79 Å². The van der Waals surface area contributed by atoms with Gasteiger partial charge in [-0.1, -0.05) is 20.3 Å². The lowest BCUT2D eigenvalue weighted by Gasteiger charge is -2.57. The number of Topliss-reactive ketones (excluding diaryl/α,β-unsaturated/α-hetero) is 1. The summed E-state index contributed by atoms with van der Waals surface area (Å²) in [6.45, 7) is 5.40. The number of rotatable bonds is 3. The van der Waals surface area contributed by atoms with Gasteiger partial charge in [-0.3, -0.25) is 9.79 Å². The van der Waals surface area contributed by atoms with Crippen LogP contribution in [0.1, 0.15) is 90.9 Å². The molecule has 6 fully saturated rings. The van der Waals surface area contributed by atoms with E-state index in [0.29, 0.717) is 18.2 Å². The Morgan fingerprint density at radius 2 is 1.81 bits per heavy atom. The van der Waals surface area contributed by atoms with Crippen LogP contribution in [0.3, 0.4) is 0 Å². The molecule has 3 heteroatoms. The summed E-state index contributed by atoms with van der Waals surface area (Å²) in [5, 5.41) is 0. The molecule has 3 unspecified atom stereocenters. The topological polar surface area (TPSA) is 55.5 Å². The van der Waals surface area contributed by atoms with E-state index >= 15 is 0 Å². The summed E-state index contributed by atoms with van der Waals surface area (Å²) in [4.78, 5) is 18.5. The van der Waals surface area contributed by atoms with E-state index in [1.165, 1.54) is 69.8 Å². The van der Waals surface area contributed by atoms with Crippen molar-refractivity contribution >= 4 is 11.5 Å². The first-order chi connectivity index (χ1) is 15.5. The zero-order valence-electron chi connectivity index (χ0n) is 20.4. The minimum absolute atomic E-state index is 0.250. The van der Waals surface area contributed by atoms with Gasteiger partial charge in [0.2, 0.25) is 0 Å². The van der Waals surface area contributed by atoms with Crippen molar-refractivity contribution in [2.45, 2.75) is 90.9 Å². The number of carbonyl (C=O) groups is 1. The summed E-state index contributed by atoms with van der Waals surface area (Å²) >= 11 is 0. The first-order valence-electron chi connectivity index (χ1n) is 14.0. The Hall–Kier alpha value is -1.12. The molecule has 2 N–H and O–H groups in total. The fraction of sp³-hybridized carbons (Fsp3) is 0.862. The molecule has 0 aromatic carbocycles. The second-order valence-electron chi connectivity index (χ2n) is 13.0. The third kappa shape index (κ3) is 3.27. The molecule has 0 aliphatic heterocycles. The Morgan fingerprint density at radius 1 is 1.00 bits per heavy atom. The maximum atomic E-state index is 13.6. The Balaban J connectivity index is 1.20. The summed E-state index contributed by atoms with van der Waals surface area (Å²) in [5.41, 5.74) is 8.40. The van der Waals surface area contributed by atoms with E-state index in [1.54, 1.807) is 6.20 Å². The molecule has 0 spiro atoms.